The maximum Gasteiger partial charge on any atom is 0.253 e. The van der Waals surface area contributed by atoms with Crippen LogP contribution in [0.1, 0.15) is 10.4 Å². The molecule has 4 rings (SSSR count). The Morgan fingerprint density at radius 1 is 0.963 bits per heavy atom. The number of nitrogens with zero attached hydrogens (tertiary/aromatic N) is 2. The van der Waals surface area contributed by atoms with E-state index in [1.807, 2.05) is 29.2 Å². The van der Waals surface area contributed by atoms with Crippen molar-refractivity contribution < 1.29 is 9.53 Å². The zero-order valence-electron chi connectivity index (χ0n) is 15.1. The lowest BCUT2D eigenvalue weighted by Gasteiger charge is -2.36. The van der Waals surface area contributed by atoms with Gasteiger partial charge in [-0.1, -0.05) is 12.1 Å². The summed E-state index contributed by atoms with van der Waals surface area (Å²) in [5, 5.41) is 1.00. The van der Waals surface area contributed by atoms with Crippen LogP contribution in [-0.2, 0) is 0 Å². The van der Waals surface area contributed by atoms with E-state index in [1.165, 1.54) is 6.07 Å². The number of methoxy groups -OCH3 is 1. The molecule has 138 valence electrons. The Kier molecular flexibility index (Phi) is 4.54. The molecule has 6 heteroatoms. The maximum atomic E-state index is 12.7. The van der Waals surface area contributed by atoms with Gasteiger partial charge in [-0.25, -0.2) is 0 Å². The van der Waals surface area contributed by atoms with Crippen molar-refractivity contribution in [2.45, 2.75) is 0 Å². The molecular weight excluding hydrogens is 342 g/mol. The molecule has 3 aromatic rings. The van der Waals surface area contributed by atoms with Gasteiger partial charge >= 0.3 is 0 Å². The number of piperazine rings is 1. The highest BCUT2D eigenvalue weighted by Crippen LogP contribution is 2.25. The third-order valence-electron chi connectivity index (χ3n) is 4.98. The van der Waals surface area contributed by atoms with Crippen LogP contribution < -0.4 is 15.2 Å². The average molecular weight is 363 g/mol. The van der Waals surface area contributed by atoms with E-state index in [0.717, 1.165) is 35.4 Å². The van der Waals surface area contributed by atoms with Gasteiger partial charge in [0.1, 0.15) is 5.75 Å². The van der Waals surface area contributed by atoms with E-state index in [1.54, 1.807) is 31.4 Å². The van der Waals surface area contributed by atoms with Gasteiger partial charge in [0.25, 0.3) is 5.91 Å². The molecule has 1 aromatic heterocycles. The molecule has 1 aliphatic heterocycles. The third-order valence-corrected chi connectivity index (χ3v) is 4.98. The van der Waals surface area contributed by atoms with Crippen LogP contribution in [0.4, 0.5) is 5.69 Å². The van der Waals surface area contributed by atoms with E-state index < -0.39 is 0 Å². The summed E-state index contributed by atoms with van der Waals surface area (Å²) >= 11 is 0. The second-order valence-corrected chi connectivity index (χ2v) is 6.57. The van der Waals surface area contributed by atoms with Gasteiger partial charge in [-0.2, -0.15) is 0 Å². The number of carbonyl (C=O) groups is 1. The number of ether oxygens (including phenoxy) is 1. The molecule has 0 bridgehead atoms. The first-order valence-electron chi connectivity index (χ1n) is 8.96. The van der Waals surface area contributed by atoms with Gasteiger partial charge in [0.15, 0.2) is 0 Å². The van der Waals surface area contributed by atoms with Crippen molar-refractivity contribution in [3.63, 3.8) is 0 Å². The van der Waals surface area contributed by atoms with Gasteiger partial charge in [0, 0.05) is 43.2 Å². The molecule has 1 fully saturated rings. The lowest BCUT2D eigenvalue weighted by molar-refractivity contribution is 0.0747. The topological polar surface area (TPSA) is 65.6 Å². The van der Waals surface area contributed by atoms with Crippen LogP contribution in [0, 0.1) is 0 Å². The fraction of sp³-hybridized carbons (Fsp3) is 0.238. The zero-order valence-corrected chi connectivity index (χ0v) is 15.1. The molecule has 1 amide bonds. The minimum Gasteiger partial charge on any atom is -0.497 e. The van der Waals surface area contributed by atoms with E-state index in [-0.39, 0.29) is 11.5 Å². The van der Waals surface area contributed by atoms with Gasteiger partial charge in [0.2, 0.25) is 5.56 Å². The largest absolute Gasteiger partial charge is 0.497 e. The Bertz CT molecular complexity index is 1020. The Morgan fingerprint density at radius 2 is 1.70 bits per heavy atom. The number of fused-ring (bicyclic) bond motifs is 1. The number of hydrogen-bond acceptors (Lipinski definition) is 4. The van der Waals surface area contributed by atoms with Crippen molar-refractivity contribution in [2.24, 2.45) is 0 Å². The highest BCUT2D eigenvalue weighted by Gasteiger charge is 2.23. The van der Waals surface area contributed by atoms with E-state index in [2.05, 4.69) is 9.88 Å². The van der Waals surface area contributed by atoms with E-state index >= 15 is 0 Å². The van der Waals surface area contributed by atoms with Crippen LogP contribution >= 0.6 is 0 Å². The van der Waals surface area contributed by atoms with Gasteiger partial charge in [-0.3, -0.25) is 9.59 Å². The summed E-state index contributed by atoms with van der Waals surface area (Å²) in [6.07, 6.45) is 0. The smallest absolute Gasteiger partial charge is 0.253 e. The highest BCUT2D eigenvalue weighted by atomic mass is 16.5. The highest BCUT2D eigenvalue weighted by molar-refractivity contribution is 5.95. The predicted molar refractivity (Wildman–Crippen MR) is 106 cm³/mol. The Balaban J connectivity index is 1.50. The van der Waals surface area contributed by atoms with Gasteiger partial charge < -0.3 is 19.5 Å². The number of carbonyl (C=O) groups excluding carboxylic acids is 1. The molecule has 2 heterocycles. The molecule has 0 aliphatic carbocycles. The van der Waals surface area contributed by atoms with E-state index in [4.69, 9.17) is 4.74 Å². The van der Waals surface area contributed by atoms with Gasteiger partial charge in [-0.05, 0) is 36.4 Å². The lowest BCUT2D eigenvalue weighted by atomic mass is 10.1. The minimum atomic E-state index is -0.108. The number of amides is 1. The first-order chi connectivity index (χ1) is 13.2. The minimum absolute atomic E-state index is 0.0311. The summed E-state index contributed by atoms with van der Waals surface area (Å²) in [6, 6.07) is 16.6. The van der Waals surface area contributed by atoms with Gasteiger partial charge in [0.05, 0.1) is 18.3 Å². The molecular formula is C21H21N3O3. The number of aromatic nitrogens is 1. The standard InChI is InChI=1S/C21H21N3O3/c1-27-17-8-5-16(6-9-17)21(26)24-13-11-23(12-14-24)18-4-2-3-15-7-10-19(25)22-20(15)18/h2-10H,11-14H2,1H3,(H,22,25). The molecule has 0 saturated carbocycles. The predicted octanol–water partition coefficient (Wildman–Crippen LogP) is 2.50. The Labute approximate surface area is 157 Å². The quantitative estimate of drug-likeness (QED) is 0.777. The summed E-state index contributed by atoms with van der Waals surface area (Å²) in [7, 11) is 1.61. The molecule has 1 N–H and O–H groups in total. The number of benzene rings is 2. The first-order valence-corrected chi connectivity index (χ1v) is 8.96. The number of rotatable bonds is 3. The zero-order chi connectivity index (χ0) is 18.8. The molecule has 0 spiro atoms. The summed E-state index contributed by atoms with van der Waals surface area (Å²) in [4.78, 5) is 31.5. The summed E-state index contributed by atoms with van der Waals surface area (Å²) in [5.41, 5.74) is 2.41. The molecule has 0 unspecified atom stereocenters. The van der Waals surface area contributed by atoms with E-state index in [9.17, 15) is 9.59 Å². The van der Waals surface area contributed by atoms with Crippen molar-refractivity contribution in [2.75, 3.05) is 38.2 Å². The van der Waals surface area contributed by atoms with Crippen LogP contribution in [0.25, 0.3) is 10.9 Å². The molecule has 0 atom stereocenters. The monoisotopic (exact) mass is 363 g/mol. The fourth-order valence-electron chi connectivity index (χ4n) is 3.49. The van der Waals surface area contributed by atoms with Crippen LogP contribution in [0.5, 0.6) is 5.75 Å². The Hall–Kier alpha value is -3.28. The van der Waals surface area contributed by atoms with Crippen molar-refractivity contribution >= 4 is 22.5 Å². The van der Waals surface area contributed by atoms with Crippen LogP contribution in [0.15, 0.2) is 59.4 Å². The Morgan fingerprint density at radius 3 is 2.41 bits per heavy atom. The number of anilines is 1. The number of nitrogens with one attached hydrogen (secondary N) is 1. The molecule has 0 radical (unpaired) electrons. The van der Waals surface area contributed by atoms with Crippen molar-refractivity contribution in [1.29, 1.82) is 0 Å². The molecule has 27 heavy (non-hydrogen) atoms. The van der Waals surface area contributed by atoms with Crippen molar-refractivity contribution in [3.8, 4) is 5.75 Å². The SMILES string of the molecule is COc1ccc(C(=O)N2CCN(c3cccc4ccc(=O)[nH]c34)CC2)cc1. The van der Waals surface area contributed by atoms with Gasteiger partial charge in [-0.15, -0.1) is 0 Å². The summed E-state index contributed by atoms with van der Waals surface area (Å²) in [5.74, 6) is 0.768. The average Bonchev–Trinajstić information content (AvgIpc) is 2.73. The third kappa shape index (κ3) is 3.38. The van der Waals surface area contributed by atoms with Crippen LogP contribution in [0.2, 0.25) is 0 Å². The second-order valence-electron chi connectivity index (χ2n) is 6.57. The number of H-pyrrole nitrogens is 1. The number of para-hydroxylation sites is 1. The fourth-order valence-corrected chi connectivity index (χ4v) is 3.49. The molecule has 2 aromatic carbocycles. The van der Waals surface area contributed by atoms with Crippen LogP contribution in [0.3, 0.4) is 0 Å². The molecule has 1 saturated heterocycles. The molecule has 1 aliphatic rings. The first kappa shape index (κ1) is 17.1. The number of hydrogen-bond donors (Lipinski definition) is 1. The second kappa shape index (κ2) is 7.15. The number of aromatic amines is 1. The van der Waals surface area contributed by atoms with Crippen LogP contribution in [-0.4, -0.2) is 49.1 Å². The van der Waals surface area contributed by atoms with Crippen molar-refractivity contribution in [1.82, 2.24) is 9.88 Å². The molecule has 6 nitrogen and oxygen atoms in total. The van der Waals surface area contributed by atoms with E-state index in [0.29, 0.717) is 18.7 Å². The number of pyridine rings is 1. The summed E-state index contributed by atoms with van der Waals surface area (Å²) < 4.78 is 5.14. The van der Waals surface area contributed by atoms with Crippen molar-refractivity contribution in [3.05, 3.63) is 70.5 Å². The maximum absolute atomic E-state index is 12.7. The summed E-state index contributed by atoms with van der Waals surface area (Å²) in [6.45, 7) is 2.71. The normalized spacial score (nSPS) is 14.4. The lowest BCUT2D eigenvalue weighted by Crippen LogP contribution is -2.48.